The maximum absolute atomic E-state index is 10.5. The summed E-state index contributed by atoms with van der Waals surface area (Å²) in [6.07, 6.45) is 4.85. The molecule has 2 N–H and O–H groups in total. The van der Waals surface area contributed by atoms with E-state index in [-0.39, 0.29) is 0 Å². The van der Waals surface area contributed by atoms with Crippen molar-refractivity contribution in [3.8, 4) is 0 Å². The van der Waals surface area contributed by atoms with Crippen LogP contribution in [0.2, 0.25) is 5.02 Å². The van der Waals surface area contributed by atoms with Gasteiger partial charge >= 0.3 is 0 Å². The summed E-state index contributed by atoms with van der Waals surface area (Å²) in [6.45, 7) is 5.59. The third-order valence-corrected chi connectivity index (χ3v) is 4.89. The summed E-state index contributed by atoms with van der Waals surface area (Å²) in [5.41, 5.74) is 1.39. The van der Waals surface area contributed by atoms with Gasteiger partial charge in [-0.25, -0.2) is 0 Å². The van der Waals surface area contributed by atoms with Gasteiger partial charge in [0.25, 0.3) is 0 Å². The molecule has 0 amide bonds. The van der Waals surface area contributed by atoms with Crippen LogP contribution in [0.5, 0.6) is 0 Å². The van der Waals surface area contributed by atoms with Gasteiger partial charge in [-0.1, -0.05) is 25.4 Å². The maximum atomic E-state index is 10.5. The van der Waals surface area contributed by atoms with Gasteiger partial charge in [0, 0.05) is 20.1 Å². The molecule has 1 aliphatic carbocycles. The van der Waals surface area contributed by atoms with Crippen LogP contribution < -0.4 is 5.32 Å². The third-order valence-electron chi connectivity index (χ3n) is 4.45. The van der Waals surface area contributed by atoms with E-state index < -0.39 is 5.60 Å². The lowest BCUT2D eigenvalue weighted by atomic mass is 9.79. The molecule has 0 aromatic carbocycles. The number of hydrogen-bond donors (Lipinski definition) is 2. The van der Waals surface area contributed by atoms with E-state index in [0.717, 1.165) is 54.4 Å². The van der Waals surface area contributed by atoms with E-state index in [1.165, 1.54) is 0 Å². The van der Waals surface area contributed by atoms with Crippen molar-refractivity contribution in [3.05, 3.63) is 16.4 Å². The van der Waals surface area contributed by atoms with Crippen LogP contribution in [0.4, 0.5) is 0 Å². The fraction of sp³-hybridized carbons (Fsp3) is 0.800. The number of aromatic nitrogens is 2. The second-order valence-electron chi connectivity index (χ2n) is 6.19. The smallest absolute Gasteiger partial charge is 0.0863 e. The van der Waals surface area contributed by atoms with Crippen molar-refractivity contribution >= 4 is 11.6 Å². The molecule has 1 aromatic heterocycles. The number of hydrogen-bond acceptors (Lipinski definition) is 3. The lowest BCUT2D eigenvalue weighted by Crippen LogP contribution is -2.43. The minimum atomic E-state index is -0.550. The summed E-state index contributed by atoms with van der Waals surface area (Å²) in [5, 5.41) is 19.0. The average molecular weight is 300 g/mol. The zero-order chi connectivity index (χ0) is 14.8. The predicted molar refractivity (Wildman–Crippen MR) is 81.9 cm³/mol. The Labute approximate surface area is 126 Å². The molecule has 114 valence electrons. The first-order valence-electron chi connectivity index (χ1n) is 7.58. The molecule has 0 spiro atoms. The summed E-state index contributed by atoms with van der Waals surface area (Å²) in [4.78, 5) is 0. The molecule has 1 heterocycles. The highest BCUT2D eigenvalue weighted by molar-refractivity contribution is 6.31. The molecular formula is C15H26ClN3O. The summed E-state index contributed by atoms with van der Waals surface area (Å²) >= 11 is 6.32. The first kappa shape index (κ1) is 15.8. The van der Waals surface area contributed by atoms with Gasteiger partial charge in [-0.2, -0.15) is 5.10 Å². The van der Waals surface area contributed by atoms with Gasteiger partial charge in [-0.05, 0) is 38.0 Å². The predicted octanol–water partition coefficient (Wildman–Crippen LogP) is 2.67. The minimum Gasteiger partial charge on any atom is -0.389 e. The molecule has 0 bridgehead atoms. The van der Waals surface area contributed by atoms with Gasteiger partial charge in [-0.15, -0.1) is 0 Å². The van der Waals surface area contributed by atoms with E-state index in [2.05, 4.69) is 24.3 Å². The van der Waals surface area contributed by atoms with Gasteiger partial charge in [0.2, 0.25) is 0 Å². The van der Waals surface area contributed by atoms with Gasteiger partial charge < -0.3 is 10.4 Å². The number of rotatable bonds is 5. The molecule has 0 unspecified atom stereocenters. The second kappa shape index (κ2) is 6.46. The van der Waals surface area contributed by atoms with Gasteiger partial charge in [-0.3, -0.25) is 4.68 Å². The van der Waals surface area contributed by atoms with E-state index in [0.29, 0.717) is 13.1 Å². The lowest BCUT2D eigenvalue weighted by Gasteiger charge is -2.35. The maximum Gasteiger partial charge on any atom is 0.0863 e. The molecule has 4 nitrogen and oxygen atoms in total. The van der Waals surface area contributed by atoms with E-state index >= 15 is 0 Å². The van der Waals surface area contributed by atoms with E-state index in [1.54, 1.807) is 0 Å². The first-order valence-corrected chi connectivity index (χ1v) is 7.96. The molecule has 5 heteroatoms. The molecule has 0 saturated heterocycles. The van der Waals surface area contributed by atoms with Crippen LogP contribution in [-0.4, -0.2) is 27.0 Å². The van der Waals surface area contributed by atoms with Crippen LogP contribution in [0.1, 0.15) is 50.9 Å². The molecule has 20 heavy (non-hydrogen) atoms. The fourth-order valence-corrected chi connectivity index (χ4v) is 3.26. The fourth-order valence-electron chi connectivity index (χ4n) is 2.90. The Balaban J connectivity index is 1.88. The summed E-state index contributed by atoms with van der Waals surface area (Å²) in [6, 6.07) is 0. The van der Waals surface area contributed by atoms with Crippen molar-refractivity contribution in [2.24, 2.45) is 13.0 Å². The van der Waals surface area contributed by atoms with Crippen LogP contribution in [-0.2, 0) is 20.0 Å². The molecule has 1 aliphatic rings. The average Bonchev–Trinajstić information content (AvgIpc) is 2.70. The number of halogens is 1. The van der Waals surface area contributed by atoms with Crippen molar-refractivity contribution in [1.29, 1.82) is 0 Å². The standard InChI is InChI=1S/C15H26ClN3O/c1-4-12-14(16)13(19(3)18-12)9-17-10-15(20)7-5-11(2)6-8-15/h11,17,20H,4-10H2,1-3H3. The number of nitrogens with one attached hydrogen (secondary N) is 1. The molecule has 0 atom stereocenters. The Bertz CT molecular complexity index is 450. The van der Waals surface area contributed by atoms with E-state index in [1.807, 2.05) is 11.7 Å². The number of nitrogens with zero attached hydrogens (tertiary/aromatic N) is 2. The van der Waals surface area contributed by atoms with Crippen molar-refractivity contribution in [2.45, 2.75) is 58.1 Å². The van der Waals surface area contributed by atoms with Gasteiger partial charge in [0.15, 0.2) is 0 Å². The highest BCUT2D eigenvalue weighted by Crippen LogP contribution is 2.31. The number of aryl methyl sites for hydroxylation is 2. The van der Waals surface area contributed by atoms with Crippen molar-refractivity contribution in [1.82, 2.24) is 15.1 Å². The lowest BCUT2D eigenvalue weighted by molar-refractivity contribution is -0.00640. The van der Waals surface area contributed by atoms with Crippen molar-refractivity contribution < 1.29 is 5.11 Å². The Morgan fingerprint density at radius 1 is 1.45 bits per heavy atom. The SMILES string of the molecule is CCc1nn(C)c(CNCC2(O)CCC(C)CC2)c1Cl. The monoisotopic (exact) mass is 299 g/mol. The molecule has 0 aliphatic heterocycles. The van der Waals surface area contributed by atoms with Crippen LogP contribution in [0.25, 0.3) is 0 Å². The largest absolute Gasteiger partial charge is 0.389 e. The summed E-state index contributed by atoms with van der Waals surface area (Å²) < 4.78 is 1.83. The molecule has 0 radical (unpaired) electrons. The minimum absolute atomic E-state index is 0.550. The Morgan fingerprint density at radius 2 is 2.10 bits per heavy atom. The van der Waals surface area contributed by atoms with Crippen molar-refractivity contribution in [2.75, 3.05) is 6.54 Å². The topological polar surface area (TPSA) is 50.1 Å². The summed E-state index contributed by atoms with van der Waals surface area (Å²) in [5.74, 6) is 0.744. The number of aliphatic hydroxyl groups is 1. The first-order chi connectivity index (χ1) is 9.45. The van der Waals surface area contributed by atoms with Crippen LogP contribution in [0.3, 0.4) is 0 Å². The highest BCUT2D eigenvalue weighted by atomic mass is 35.5. The van der Waals surface area contributed by atoms with Crippen molar-refractivity contribution in [3.63, 3.8) is 0 Å². The van der Waals surface area contributed by atoms with Crippen LogP contribution >= 0.6 is 11.6 Å². The quantitative estimate of drug-likeness (QED) is 0.879. The summed E-state index contributed by atoms with van der Waals surface area (Å²) in [7, 11) is 1.92. The normalized spacial score (nSPS) is 26.9. The third kappa shape index (κ3) is 3.54. The molecular weight excluding hydrogens is 274 g/mol. The Hall–Kier alpha value is -0.580. The molecule has 1 fully saturated rings. The van der Waals surface area contributed by atoms with Crippen LogP contribution in [0, 0.1) is 5.92 Å². The Morgan fingerprint density at radius 3 is 2.65 bits per heavy atom. The molecule has 1 saturated carbocycles. The Kier molecular flexibility index (Phi) is 5.10. The second-order valence-corrected chi connectivity index (χ2v) is 6.57. The van der Waals surface area contributed by atoms with E-state index in [4.69, 9.17) is 11.6 Å². The van der Waals surface area contributed by atoms with Gasteiger partial charge in [0.1, 0.15) is 0 Å². The zero-order valence-corrected chi connectivity index (χ0v) is 13.5. The van der Waals surface area contributed by atoms with E-state index in [9.17, 15) is 5.11 Å². The van der Waals surface area contributed by atoms with Gasteiger partial charge in [0.05, 0.1) is 22.0 Å². The van der Waals surface area contributed by atoms with Crippen LogP contribution in [0.15, 0.2) is 0 Å². The highest BCUT2D eigenvalue weighted by Gasteiger charge is 2.31. The molecule has 2 rings (SSSR count). The molecule has 1 aromatic rings. The zero-order valence-electron chi connectivity index (χ0n) is 12.7.